The summed E-state index contributed by atoms with van der Waals surface area (Å²) < 4.78 is 11.3. The van der Waals surface area contributed by atoms with Crippen molar-refractivity contribution in [3.05, 3.63) is 96.1 Å². The predicted octanol–water partition coefficient (Wildman–Crippen LogP) is 5.32. The zero-order valence-corrected chi connectivity index (χ0v) is 15.8. The number of hydrogen-bond donors (Lipinski definition) is 1. The molecule has 4 heteroatoms. The smallest absolute Gasteiger partial charge is 0.248 e. The fourth-order valence-electron chi connectivity index (χ4n) is 2.61. The molecule has 0 heterocycles. The highest BCUT2D eigenvalue weighted by Gasteiger charge is 2.04. The van der Waals surface area contributed by atoms with Crippen molar-refractivity contribution >= 4 is 17.7 Å². The Balaban J connectivity index is 1.54. The van der Waals surface area contributed by atoms with Crippen LogP contribution < -0.4 is 14.8 Å². The molecule has 0 aliphatic carbocycles. The van der Waals surface area contributed by atoms with Gasteiger partial charge in [0.05, 0.1) is 12.3 Å². The lowest BCUT2D eigenvalue weighted by Gasteiger charge is -2.09. The Bertz CT molecular complexity index is 918. The SMILES string of the molecule is CCOc1ccccc1NC(=O)/C=C/c1ccc(OCc2ccccc2)cc1. The molecule has 0 aliphatic heterocycles. The molecule has 0 fully saturated rings. The van der Waals surface area contributed by atoms with Crippen LogP contribution >= 0.6 is 0 Å². The van der Waals surface area contributed by atoms with E-state index in [9.17, 15) is 4.79 Å². The molecule has 3 aromatic carbocycles. The molecule has 142 valence electrons. The van der Waals surface area contributed by atoms with E-state index in [4.69, 9.17) is 9.47 Å². The molecule has 0 radical (unpaired) electrons. The third-order valence-electron chi connectivity index (χ3n) is 4.00. The fraction of sp³-hybridized carbons (Fsp3) is 0.125. The van der Waals surface area contributed by atoms with Crippen LogP contribution in [0.15, 0.2) is 84.9 Å². The fourth-order valence-corrected chi connectivity index (χ4v) is 2.61. The summed E-state index contributed by atoms with van der Waals surface area (Å²) in [5.74, 6) is 1.24. The van der Waals surface area contributed by atoms with Crippen LogP contribution in [0.2, 0.25) is 0 Å². The zero-order chi connectivity index (χ0) is 19.6. The topological polar surface area (TPSA) is 47.6 Å². The van der Waals surface area contributed by atoms with Crippen LogP contribution in [0.3, 0.4) is 0 Å². The van der Waals surface area contributed by atoms with Gasteiger partial charge in [-0.15, -0.1) is 0 Å². The first-order valence-electron chi connectivity index (χ1n) is 9.22. The van der Waals surface area contributed by atoms with E-state index in [0.29, 0.717) is 24.7 Å². The highest BCUT2D eigenvalue weighted by atomic mass is 16.5. The third-order valence-corrected chi connectivity index (χ3v) is 4.00. The van der Waals surface area contributed by atoms with Gasteiger partial charge >= 0.3 is 0 Å². The van der Waals surface area contributed by atoms with Crippen LogP contribution in [0.1, 0.15) is 18.1 Å². The second-order valence-corrected chi connectivity index (χ2v) is 6.10. The monoisotopic (exact) mass is 373 g/mol. The van der Waals surface area contributed by atoms with Gasteiger partial charge in [-0.05, 0) is 48.4 Å². The number of rotatable bonds is 8. The summed E-state index contributed by atoms with van der Waals surface area (Å²) in [4.78, 5) is 12.2. The Kier molecular flexibility index (Phi) is 6.85. The van der Waals surface area contributed by atoms with Gasteiger partial charge in [0, 0.05) is 6.08 Å². The number of hydrogen-bond acceptors (Lipinski definition) is 3. The lowest BCUT2D eigenvalue weighted by Crippen LogP contribution is -2.09. The van der Waals surface area contributed by atoms with E-state index in [1.165, 1.54) is 6.08 Å². The maximum atomic E-state index is 12.2. The van der Waals surface area contributed by atoms with Crippen LogP contribution in [0.4, 0.5) is 5.69 Å². The highest BCUT2D eigenvalue weighted by Crippen LogP contribution is 2.23. The Morgan fingerprint density at radius 2 is 1.61 bits per heavy atom. The van der Waals surface area contributed by atoms with E-state index >= 15 is 0 Å². The van der Waals surface area contributed by atoms with Crippen LogP contribution in [0.5, 0.6) is 11.5 Å². The van der Waals surface area contributed by atoms with Crippen LogP contribution in [0.25, 0.3) is 6.08 Å². The van der Waals surface area contributed by atoms with Crippen molar-refractivity contribution in [3.63, 3.8) is 0 Å². The van der Waals surface area contributed by atoms with Gasteiger partial charge in [0.25, 0.3) is 0 Å². The summed E-state index contributed by atoms with van der Waals surface area (Å²) in [7, 11) is 0. The number of amides is 1. The first-order chi connectivity index (χ1) is 13.7. The van der Waals surface area contributed by atoms with Gasteiger partial charge in [-0.25, -0.2) is 0 Å². The van der Waals surface area contributed by atoms with Crippen molar-refractivity contribution in [3.8, 4) is 11.5 Å². The summed E-state index contributed by atoms with van der Waals surface area (Å²) in [5.41, 5.74) is 2.69. The third kappa shape index (κ3) is 5.74. The number of para-hydroxylation sites is 2. The van der Waals surface area contributed by atoms with Crippen molar-refractivity contribution in [1.82, 2.24) is 0 Å². The molecule has 0 aliphatic rings. The standard InChI is InChI=1S/C24H23NO3/c1-2-27-23-11-7-6-10-22(23)25-24(26)17-14-19-12-15-21(16-13-19)28-18-20-8-4-3-5-9-20/h3-17H,2,18H2,1H3,(H,25,26)/b17-14+. The van der Waals surface area contributed by atoms with Gasteiger partial charge in [0.15, 0.2) is 0 Å². The molecule has 0 bridgehead atoms. The minimum Gasteiger partial charge on any atom is -0.492 e. The molecule has 1 N–H and O–H groups in total. The van der Waals surface area contributed by atoms with E-state index in [1.807, 2.05) is 85.8 Å². The average molecular weight is 373 g/mol. The quantitative estimate of drug-likeness (QED) is 0.544. The van der Waals surface area contributed by atoms with Crippen molar-refractivity contribution in [1.29, 1.82) is 0 Å². The highest BCUT2D eigenvalue weighted by molar-refractivity contribution is 6.02. The molecule has 4 nitrogen and oxygen atoms in total. The molecule has 1 amide bonds. The van der Waals surface area contributed by atoms with Crippen LogP contribution in [0, 0.1) is 0 Å². The molecular formula is C24H23NO3. The van der Waals surface area contributed by atoms with E-state index in [0.717, 1.165) is 16.9 Å². The Labute approximate surface area is 165 Å². The maximum absolute atomic E-state index is 12.2. The summed E-state index contributed by atoms with van der Waals surface area (Å²) in [6.45, 7) is 2.98. The van der Waals surface area contributed by atoms with E-state index in [-0.39, 0.29) is 5.91 Å². The minimum atomic E-state index is -0.212. The maximum Gasteiger partial charge on any atom is 0.248 e. The van der Waals surface area contributed by atoms with Crippen molar-refractivity contribution in [2.75, 3.05) is 11.9 Å². The molecule has 28 heavy (non-hydrogen) atoms. The molecule has 0 saturated heterocycles. The van der Waals surface area contributed by atoms with Crippen LogP contribution in [-0.2, 0) is 11.4 Å². The largest absolute Gasteiger partial charge is 0.492 e. The molecule has 0 saturated carbocycles. The zero-order valence-electron chi connectivity index (χ0n) is 15.8. The van der Waals surface area contributed by atoms with Crippen molar-refractivity contribution in [2.45, 2.75) is 13.5 Å². The summed E-state index contributed by atoms with van der Waals surface area (Å²) in [6.07, 6.45) is 3.27. The molecule has 3 aromatic rings. The number of carbonyl (C=O) groups is 1. The average Bonchev–Trinajstić information content (AvgIpc) is 2.74. The predicted molar refractivity (Wildman–Crippen MR) is 112 cm³/mol. The van der Waals surface area contributed by atoms with E-state index < -0.39 is 0 Å². The molecule has 3 rings (SSSR count). The Morgan fingerprint density at radius 1 is 0.893 bits per heavy atom. The van der Waals surface area contributed by atoms with Gasteiger partial charge in [0.2, 0.25) is 5.91 Å². The summed E-state index contributed by atoms with van der Waals surface area (Å²) in [6, 6.07) is 25.0. The van der Waals surface area contributed by atoms with Gasteiger partial charge in [-0.3, -0.25) is 4.79 Å². The van der Waals surface area contributed by atoms with Gasteiger partial charge in [-0.2, -0.15) is 0 Å². The lowest BCUT2D eigenvalue weighted by atomic mass is 10.2. The van der Waals surface area contributed by atoms with Gasteiger partial charge < -0.3 is 14.8 Å². The minimum absolute atomic E-state index is 0.212. The second-order valence-electron chi connectivity index (χ2n) is 6.10. The molecule has 0 aromatic heterocycles. The number of carbonyl (C=O) groups excluding carboxylic acids is 1. The molecular weight excluding hydrogens is 350 g/mol. The summed E-state index contributed by atoms with van der Waals surface area (Å²) >= 11 is 0. The lowest BCUT2D eigenvalue weighted by molar-refractivity contribution is -0.111. The number of nitrogens with one attached hydrogen (secondary N) is 1. The number of benzene rings is 3. The Hall–Kier alpha value is -3.53. The van der Waals surface area contributed by atoms with Gasteiger partial charge in [-0.1, -0.05) is 54.6 Å². The van der Waals surface area contributed by atoms with Gasteiger partial charge in [0.1, 0.15) is 18.1 Å². The first kappa shape index (κ1) is 19.2. The summed E-state index contributed by atoms with van der Waals surface area (Å²) in [5, 5.41) is 2.84. The first-order valence-corrected chi connectivity index (χ1v) is 9.22. The van der Waals surface area contributed by atoms with Crippen molar-refractivity contribution in [2.24, 2.45) is 0 Å². The molecule has 0 unspecified atom stereocenters. The van der Waals surface area contributed by atoms with Crippen molar-refractivity contribution < 1.29 is 14.3 Å². The number of ether oxygens (including phenoxy) is 2. The molecule has 0 spiro atoms. The van der Waals surface area contributed by atoms with Crippen LogP contribution in [-0.4, -0.2) is 12.5 Å². The normalized spacial score (nSPS) is 10.6. The number of anilines is 1. The molecule has 0 atom stereocenters. The van der Waals surface area contributed by atoms with E-state index in [2.05, 4.69) is 5.32 Å². The van der Waals surface area contributed by atoms with E-state index in [1.54, 1.807) is 6.08 Å². The Morgan fingerprint density at radius 3 is 2.36 bits per heavy atom. The second kappa shape index (κ2) is 9.97.